The number of carbonyl (C=O) groups excluding carboxylic acids is 2. The first-order chi connectivity index (χ1) is 17.2. The number of fused-ring (bicyclic) bond motifs is 4. The monoisotopic (exact) mass is 494 g/mol. The van der Waals surface area contributed by atoms with E-state index >= 15 is 0 Å². The molecule has 2 aliphatic heterocycles. The molecule has 2 atom stereocenters. The van der Waals surface area contributed by atoms with Crippen LogP contribution < -0.4 is 4.74 Å². The molecular formula is C27H31FN4O4. The molecule has 9 heteroatoms. The molecule has 0 spiro atoms. The van der Waals surface area contributed by atoms with E-state index < -0.39 is 17.4 Å². The summed E-state index contributed by atoms with van der Waals surface area (Å²) in [5, 5.41) is 11.0. The fourth-order valence-electron chi connectivity index (χ4n) is 5.69. The number of ether oxygens (including phenoxy) is 1. The van der Waals surface area contributed by atoms with Gasteiger partial charge in [0.25, 0.3) is 5.91 Å². The molecule has 0 bridgehead atoms. The van der Waals surface area contributed by atoms with Crippen molar-refractivity contribution in [2.45, 2.75) is 38.8 Å². The van der Waals surface area contributed by atoms with Crippen molar-refractivity contribution in [3.05, 3.63) is 59.0 Å². The Labute approximate surface area is 209 Å². The Balaban J connectivity index is 1.67. The number of phenolic OH excluding ortho intramolecular Hbond substituents is 1. The molecule has 5 rings (SSSR count). The van der Waals surface area contributed by atoms with Crippen molar-refractivity contribution in [3.63, 3.8) is 0 Å². The predicted molar refractivity (Wildman–Crippen MR) is 134 cm³/mol. The van der Waals surface area contributed by atoms with Gasteiger partial charge in [-0.1, -0.05) is 26.0 Å². The summed E-state index contributed by atoms with van der Waals surface area (Å²) >= 11 is 0. The highest BCUT2D eigenvalue weighted by Crippen LogP contribution is 2.49. The van der Waals surface area contributed by atoms with Gasteiger partial charge in [-0.05, 0) is 49.3 Å². The lowest BCUT2D eigenvalue weighted by Gasteiger charge is -2.42. The van der Waals surface area contributed by atoms with Crippen molar-refractivity contribution in [1.82, 2.24) is 19.7 Å². The predicted octanol–water partition coefficient (Wildman–Crippen LogP) is 4.03. The van der Waals surface area contributed by atoms with Crippen LogP contribution in [0.25, 0.3) is 10.9 Å². The molecule has 2 aliphatic rings. The number of aromatic nitrogens is 1. The second-order valence-corrected chi connectivity index (χ2v) is 9.63. The number of carbonyl (C=O) groups is 2. The van der Waals surface area contributed by atoms with Gasteiger partial charge in [-0.25, -0.2) is 9.18 Å². The SMILES string of the molecule is CCN(CC)CCN1C(=O)N2C(c3cccc(O)c3)c3[nH]c4cc(F)c(OC)cc4c3C[C@@]2(C)C1=O. The Morgan fingerprint density at radius 2 is 1.97 bits per heavy atom. The number of likely N-dealkylation sites (N-methyl/N-ethyl adjacent to an activating group) is 1. The minimum Gasteiger partial charge on any atom is -0.508 e. The number of aromatic amines is 1. The summed E-state index contributed by atoms with van der Waals surface area (Å²) in [6, 6.07) is 8.68. The Hall–Kier alpha value is -3.59. The van der Waals surface area contributed by atoms with Crippen LogP contribution in [-0.2, 0) is 11.2 Å². The average molecular weight is 495 g/mol. The number of phenols is 1. The molecule has 36 heavy (non-hydrogen) atoms. The Kier molecular flexibility index (Phi) is 5.90. The summed E-state index contributed by atoms with van der Waals surface area (Å²) in [4.78, 5) is 36.2. The highest BCUT2D eigenvalue weighted by atomic mass is 19.1. The molecule has 2 aromatic carbocycles. The summed E-state index contributed by atoms with van der Waals surface area (Å²) in [5.41, 5.74) is 1.62. The average Bonchev–Trinajstić information content (AvgIpc) is 3.29. The second-order valence-electron chi connectivity index (χ2n) is 9.63. The van der Waals surface area contributed by atoms with Crippen molar-refractivity contribution in [1.29, 1.82) is 0 Å². The summed E-state index contributed by atoms with van der Waals surface area (Å²) in [6.07, 6.45) is 0.277. The lowest BCUT2D eigenvalue weighted by Crippen LogP contribution is -2.53. The number of nitrogens with zero attached hydrogens (tertiary/aromatic N) is 3. The summed E-state index contributed by atoms with van der Waals surface area (Å²) < 4.78 is 19.8. The zero-order valence-corrected chi connectivity index (χ0v) is 21.0. The molecule has 190 valence electrons. The minimum atomic E-state index is -1.14. The number of hydrogen-bond donors (Lipinski definition) is 2. The van der Waals surface area contributed by atoms with Gasteiger partial charge in [0.05, 0.1) is 7.11 Å². The van der Waals surface area contributed by atoms with Crippen LogP contribution in [0.15, 0.2) is 36.4 Å². The van der Waals surface area contributed by atoms with Crippen LogP contribution in [0.4, 0.5) is 9.18 Å². The van der Waals surface area contributed by atoms with Crippen molar-refractivity contribution >= 4 is 22.8 Å². The Morgan fingerprint density at radius 1 is 1.22 bits per heavy atom. The fourth-order valence-corrected chi connectivity index (χ4v) is 5.69. The van der Waals surface area contributed by atoms with Gasteiger partial charge in [0.15, 0.2) is 11.6 Å². The van der Waals surface area contributed by atoms with Gasteiger partial charge in [-0.3, -0.25) is 14.6 Å². The second kappa shape index (κ2) is 8.81. The zero-order chi connectivity index (χ0) is 25.8. The number of benzene rings is 2. The molecule has 0 saturated carbocycles. The molecule has 3 heterocycles. The fraction of sp³-hybridized carbons (Fsp3) is 0.407. The van der Waals surface area contributed by atoms with Crippen molar-refractivity contribution in [3.8, 4) is 11.5 Å². The Bertz CT molecular complexity index is 1350. The first-order valence-electron chi connectivity index (χ1n) is 12.3. The molecule has 1 saturated heterocycles. The number of amides is 3. The van der Waals surface area contributed by atoms with E-state index in [-0.39, 0.29) is 29.9 Å². The van der Waals surface area contributed by atoms with Crippen LogP contribution in [-0.4, -0.2) is 75.6 Å². The van der Waals surface area contributed by atoms with E-state index in [4.69, 9.17) is 4.74 Å². The van der Waals surface area contributed by atoms with E-state index in [1.54, 1.807) is 36.1 Å². The maximum absolute atomic E-state index is 14.5. The van der Waals surface area contributed by atoms with Gasteiger partial charge < -0.3 is 19.7 Å². The Morgan fingerprint density at radius 3 is 2.64 bits per heavy atom. The van der Waals surface area contributed by atoms with Gasteiger partial charge in [-0.2, -0.15) is 0 Å². The van der Waals surface area contributed by atoms with E-state index in [1.807, 2.05) is 19.9 Å². The molecule has 0 radical (unpaired) electrons. The van der Waals surface area contributed by atoms with Crippen LogP contribution in [0.2, 0.25) is 0 Å². The summed E-state index contributed by atoms with van der Waals surface area (Å²) in [7, 11) is 1.41. The number of methoxy groups -OCH3 is 1. The maximum atomic E-state index is 14.5. The third-order valence-corrected chi connectivity index (χ3v) is 7.66. The van der Waals surface area contributed by atoms with E-state index in [0.29, 0.717) is 29.9 Å². The summed E-state index contributed by atoms with van der Waals surface area (Å²) in [6.45, 7) is 8.44. The van der Waals surface area contributed by atoms with E-state index in [0.717, 1.165) is 24.0 Å². The lowest BCUT2D eigenvalue weighted by atomic mass is 9.81. The van der Waals surface area contributed by atoms with Crippen LogP contribution >= 0.6 is 0 Å². The minimum absolute atomic E-state index is 0.0570. The van der Waals surface area contributed by atoms with Gasteiger partial charge in [0.1, 0.15) is 17.3 Å². The van der Waals surface area contributed by atoms with Crippen molar-refractivity contribution < 1.29 is 23.8 Å². The smallest absolute Gasteiger partial charge is 0.328 e. The normalized spacial score (nSPS) is 21.4. The van der Waals surface area contributed by atoms with E-state index in [2.05, 4.69) is 9.88 Å². The zero-order valence-electron chi connectivity index (χ0n) is 21.0. The number of rotatable bonds is 7. The molecular weight excluding hydrogens is 463 g/mol. The molecule has 3 aromatic rings. The van der Waals surface area contributed by atoms with Gasteiger partial charge >= 0.3 is 6.03 Å². The van der Waals surface area contributed by atoms with E-state index in [1.165, 1.54) is 18.1 Å². The van der Waals surface area contributed by atoms with Crippen molar-refractivity contribution in [2.75, 3.05) is 33.3 Å². The topological polar surface area (TPSA) is 89.1 Å². The number of hydrogen-bond acceptors (Lipinski definition) is 5. The largest absolute Gasteiger partial charge is 0.508 e. The van der Waals surface area contributed by atoms with E-state index in [9.17, 15) is 19.1 Å². The van der Waals surface area contributed by atoms with Gasteiger partial charge in [0, 0.05) is 42.2 Å². The van der Waals surface area contributed by atoms with Crippen molar-refractivity contribution in [2.24, 2.45) is 0 Å². The number of aromatic hydroxyl groups is 1. The number of urea groups is 1. The maximum Gasteiger partial charge on any atom is 0.328 e. The molecule has 0 aliphatic carbocycles. The quantitative estimate of drug-likeness (QED) is 0.484. The molecule has 1 aromatic heterocycles. The number of halogens is 1. The molecule has 1 unspecified atom stereocenters. The van der Waals surface area contributed by atoms with Gasteiger partial charge in [-0.15, -0.1) is 0 Å². The third-order valence-electron chi connectivity index (χ3n) is 7.66. The molecule has 8 nitrogen and oxygen atoms in total. The molecule has 2 N–H and O–H groups in total. The molecule has 3 amide bonds. The van der Waals surface area contributed by atoms with Crippen LogP contribution in [0, 0.1) is 5.82 Å². The van der Waals surface area contributed by atoms with Crippen LogP contribution in [0.1, 0.15) is 43.6 Å². The first-order valence-corrected chi connectivity index (χ1v) is 12.3. The highest BCUT2D eigenvalue weighted by molar-refractivity contribution is 6.08. The highest BCUT2D eigenvalue weighted by Gasteiger charge is 2.60. The van der Waals surface area contributed by atoms with Crippen LogP contribution in [0.5, 0.6) is 11.5 Å². The number of nitrogens with one attached hydrogen (secondary N) is 1. The standard InChI is InChI=1S/C27H31FN4O4/c1-5-30(6-2)10-11-31-25(34)27(3)15-19-18-13-22(36-4)20(28)14-21(18)29-23(19)24(32(27)26(31)35)16-8-7-9-17(33)12-16/h7-9,12-14,24,29,33H,5-6,10-11,15H2,1-4H3/t24?,27-/m0/s1. The third kappa shape index (κ3) is 3.52. The first kappa shape index (κ1) is 24.1. The van der Waals surface area contributed by atoms with Gasteiger partial charge in [0.2, 0.25) is 0 Å². The number of H-pyrrole nitrogens is 1. The lowest BCUT2D eigenvalue weighted by molar-refractivity contribution is -0.133. The number of imide groups is 1. The summed E-state index contributed by atoms with van der Waals surface area (Å²) in [5.74, 6) is -0.584. The molecule has 1 fully saturated rings. The van der Waals surface area contributed by atoms with Crippen LogP contribution in [0.3, 0.4) is 0 Å².